The van der Waals surface area contributed by atoms with Crippen molar-refractivity contribution in [2.75, 3.05) is 6.61 Å². The normalized spacial score (nSPS) is 12.9. The summed E-state index contributed by atoms with van der Waals surface area (Å²) >= 11 is 0. The highest BCUT2D eigenvalue weighted by Crippen LogP contribution is 2.39. The van der Waals surface area contributed by atoms with E-state index in [1.54, 1.807) is 12.1 Å². The van der Waals surface area contributed by atoms with E-state index < -0.39 is 32.2 Å². The first-order valence-electron chi connectivity index (χ1n) is 11.0. The molecule has 0 bridgehead atoms. The lowest BCUT2D eigenvalue weighted by Crippen LogP contribution is -2.17. The molecule has 1 aromatic heterocycles. The fraction of sp³-hybridized carbons (Fsp3) is 0.160. The zero-order valence-electron chi connectivity index (χ0n) is 19.2. The molecule has 0 radical (unpaired) electrons. The van der Waals surface area contributed by atoms with Crippen LogP contribution < -0.4 is 10.5 Å². The van der Waals surface area contributed by atoms with Crippen LogP contribution in [-0.2, 0) is 21.9 Å². The number of ether oxygens (including phenoxy) is 1. The van der Waals surface area contributed by atoms with Crippen LogP contribution in [-0.4, -0.2) is 26.4 Å². The van der Waals surface area contributed by atoms with E-state index in [0.717, 1.165) is 17.2 Å². The highest BCUT2D eigenvalue weighted by atomic mass is 31.2. The Hall–Kier alpha value is -3.47. The lowest BCUT2D eigenvalue weighted by Gasteiger charge is -2.15. The van der Waals surface area contributed by atoms with Crippen molar-refractivity contribution < 1.29 is 36.8 Å². The summed E-state index contributed by atoms with van der Waals surface area (Å²) in [6.45, 7) is -0.593. The van der Waals surface area contributed by atoms with Crippen LogP contribution in [0.1, 0.15) is 23.0 Å². The summed E-state index contributed by atoms with van der Waals surface area (Å²) in [6, 6.07) is 19.6. The van der Waals surface area contributed by atoms with Gasteiger partial charge in [0.05, 0.1) is 30.1 Å². The largest absolute Gasteiger partial charge is 0.488 e. The minimum absolute atomic E-state index is 0.0554. The molecule has 4 aromatic rings. The number of nitrogens with zero attached hydrogens (tertiary/aromatic N) is 1. The molecule has 37 heavy (non-hydrogen) atoms. The van der Waals surface area contributed by atoms with Gasteiger partial charge in [-0.1, -0.05) is 54.6 Å². The summed E-state index contributed by atoms with van der Waals surface area (Å²) in [4.78, 5) is 24.3. The minimum Gasteiger partial charge on any atom is -0.488 e. The van der Waals surface area contributed by atoms with Gasteiger partial charge >= 0.3 is 14.0 Å². The maximum atomic E-state index is 13.8. The molecule has 0 fully saturated rings. The quantitative estimate of drug-likeness (QED) is 0.211. The maximum Gasteiger partial charge on any atom is 0.469 e. The van der Waals surface area contributed by atoms with E-state index in [0.29, 0.717) is 5.56 Å². The molecular formula is C25H23F3N3O5P. The third-order valence-corrected chi connectivity index (χ3v) is 5.91. The van der Waals surface area contributed by atoms with Crippen molar-refractivity contribution in [1.82, 2.24) is 9.97 Å². The summed E-state index contributed by atoms with van der Waals surface area (Å²) in [7, 11) is -4.73. The molecule has 0 aliphatic heterocycles. The Balaban J connectivity index is 1.49. The van der Waals surface area contributed by atoms with Gasteiger partial charge < -0.3 is 25.2 Å². The Morgan fingerprint density at radius 3 is 2.27 bits per heavy atom. The van der Waals surface area contributed by atoms with Crippen LogP contribution in [0, 0.1) is 0 Å². The number of phosphoric acid groups is 1. The molecule has 0 aliphatic rings. The summed E-state index contributed by atoms with van der Waals surface area (Å²) in [5.41, 5.74) is 7.96. The van der Waals surface area contributed by atoms with Crippen LogP contribution in [0.25, 0.3) is 22.4 Å². The fourth-order valence-corrected chi connectivity index (χ4v) is 3.91. The molecule has 0 amide bonds. The third kappa shape index (κ3) is 7.06. The average Bonchev–Trinajstić information content (AvgIpc) is 3.36. The first-order valence-corrected chi connectivity index (χ1v) is 12.5. The number of aromatic amines is 1. The van der Waals surface area contributed by atoms with Crippen LogP contribution in [0.2, 0.25) is 0 Å². The van der Waals surface area contributed by atoms with E-state index in [1.807, 2.05) is 42.5 Å². The minimum atomic E-state index is -4.73. The van der Waals surface area contributed by atoms with E-state index in [2.05, 4.69) is 14.5 Å². The number of phosphoric ester groups is 1. The predicted octanol–water partition coefficient (Wildman–Crippen LogP) is 5.45. The number of halogens is 3. The van der Waals surface area contributed by atoms with Crippen molar-refractivity contribution in [3.63, 3.8) is 0 Å². The molecule has 5 N–H and O–H groups in total. The molecule has 1 atom stereocenters. The van der Waals surface area contributed by atoms with Gasteiger partial charge in [0.15, 0.2) is 0 Å². The molecule has 0 unspecified atom stereocenters. The van der Waals surface area contributed by atoms with Crippen molar-refractivity contribution >= 4 is 7.82 Å². The first kappa shape index (κ1) is 26.6. The Morgan fingerprint density at radius 1 is 0.973 bits per heavy atom. The number of hydrogen-bond acceptors (Lipinski definition) is 5. The Bertz CT molecular complexity index is 1390. The lowest BCUT2D eigenvalue weighted by molar-refractivity contribution is -0.139. The number of H-pyrrole nitrogens is 1. The van der Waals surface area contributed by atoms with E-state index in [-0.39, 0.29) is 29.4 Å². The second kappa shape index (κ2) is 10.9. The van der Waals surface area contributed by atoms with Crippen molar-refractivity contribution in [2.45, 2.75) is 18.8 Å². The third-order valence-electron chi connectivity index (χ3n) is 5.42. The summed E-state index contributed by atoms with van der Waals surface area (Å²) < 4.78 is 62.2. The zero-order chi connectivity index (χ0) is 26.6. The second-order valence-electron chi connectivity index (χ2n) is 8.14. The van der Waals surface area contributed by atoms with Gasteiger partial charge in [-0.15, -0.1) is 0 Å². The zero-order valence-corrected chi connectivity index (χ0v) is 20.1. The number of nitrogens with one attached hydrogen (secondary N) is 1. The van der Waals surface area contributed by atoms with Crippen LogP contribution in [0.4, 0.5) is 13.2 Å². The Labute approximate surface area is 210 Å². The van der Waals surface area contributed by atoms with Crippen molar-refractivity contribution in [2.24, 2.45) is 5.73 Å². The molecule has 0 saturated heterocycles. The summed E-state index contributed by atoms with van der Waals surface area (Å²) in [6.07, 6.45) is -3.41. The first-order chi connectivity index (χ1) is 17.5. The molecule has 194 valence electrons. The number of imidazole rings is 1. The topological polar surface area (TPSA) is 131 Å². The standard InChI is InChI=1S/C25H23F3N3O5P/c26-25(27,28)20-12-19(22-13-30-24(31-22)21(29)15-36-37(32,33)34)10-11-23(20)35-14-16-6-8-18(9-7-16)17-4-2-1-3-5-17/h1-13,21H,14-15,29H2,(H,30,31)(H2,32,33,34)/t21-/m0/s1. The molecule has 3 aromatic carbocycles. The average molecular weight is 533 g/mol. The van der Waals surface area contributed by atoms with Crippen LogP contribution in [0.3, 0.4) is 0 Å². The fourth-order valence-electron chi connectivity index (χ4n) is 3.56. The van der Waals surface area contributed by atoms with Crippen LogP contribution in [0.5, 0.6) is 5.75 Å². The molecular weight excluding hydrogens is 510 g/mol. The number of alkyl halides is 3. The van der Waals surface area contributed by atoms with E-state index in [4.69, 9.17) is 20.3 Å². The van der Waals surface area contributed by atoms with Crippen molar-refractivity contribution in [3.8, 4) is 28.1 Å². The van der Waals surface area contributed by atoms with E-state index in [1.165, 1.54) is 18.3 Å². The SMILES string of the molecule is N[C@@H](COP(=O)(O)O)c1ncc(-c2ccc(OCc3ccc(-c4ccccc4)cc3)c(C(F)(F)F)c2)[nH]1. The van der Waals surface area contributed by atoms with Gasteiger partial charge in [0.1, 0.15) is 18.2 Å². The highest BCUT2D eigenvalue weighted by Gasteiger charge is 2.35. The smallest absolute Gasteiger partial charge is 0.469 e. The molecule has 12 heteroatoms. The van der Waals surface area contributed by atoms with E-state index in [9.17, 15) is 17.7 Å². The van der Waals surface area contributed by atoms with Gasteiger partial charge in [-0.2, -0.15) is 13.2 Å². The number of rotatable bonds is 9. The van der Waals surface area contributed by atoms with Crippen molar-refractivity contribution in [1.29, 1.82) is 0 Å². The van der Waals surface area contributed by atoms with E-state index >= 15 is 0 Å². The molecule has 0 spiro atoms. The van der Waals surface area contributed by atoms with Gasteiger partial charge in [0, 0.05) is 5.56 Å². The summed E-state index contributed by atoms with van der Waals surface area (Å²) in [5.74, 6) is -0.230. The lowest BCUT2D eigenvalue weighted by atomic mass is 10.0. The molecule has 8 nitrogen and oxygen atoms in total. The van der Waals surface area contributed by atoms with Gasteiger partial charge in [-0.25, -0.2) is 9.55 Å². The van der Waals surface area contributed by atoms with Crippen LogP contribution in [0.15, 0.2) is 79.0 Å². The van der Waals surface area contributed by atoms with Gasteiger partial charge in [0.25, 0.3) is 0 Å². The Morgan fingerprint density at radius 2 is 1.62 bits per heavy atom. The van der Waals surface area contributed by atoms with Crippen molar-refractivity contribution in [3.05, 3.63) is 95.9 Å². The molecule has 0 aliphatic carbocycles. The second-order valence-corrected chi connectivity index (χ2v) is 9.37. The number of hydrogen-bond donors (Lipinski definition) is 4. The molecule has 1 heterocycles. The predicted molar refractivity (Wildman–Crippen MR) is 130 cm³/mol. The van der Waals surface area contributed by atoms with Gasteiger partial charge in [-0.05, 0) is 34.9 Å². The monoisotopic (exact) mass is 533 g/mol. The van der Waals surface area contributed by atoms with Crippen LogP contribution >= 0.6 is 7.82 Å². The van der Waals surface area contributed by atoms with Gasteiger partial charge in [0.2, 0.25) is 0 Å². The summed E-state index contributed by atoms with van der Waals surface area (Å²) in [5, 5.41) is 0. The number of benzene rings is 3. The van der Waals surface area contributed by atoms with Gasteiger partial charge in [-0.3, -0.25) is 4.52 Å². The number of nitrogens with two attached hydrogens (primary N) is 1. The Kier molecular flexibility index (Phi) is 7.82. The molecule has 0 saturated carbocycles. The number of aromatic nitrogens is 2. The highest BCUT2D eigenvalue weighted by molar-refractivity contribution is 7.46. The maximum absolute atomic E-state index is 13.8. The molecule has 4 rings (SSSR count).